The molecule has 4 nitrogen and oxygen atoms in total. The molecule has 0 atom stereocenters. The lowest BCUT2D eigenvalue weighted by atomic mass is 10.1. The minimum Gasteiger partial charge on any atom is -0.325 e. The summed E-state index contributed by atoms with van der Waals surface area (Å²) in [5.74, 6) is 0.713. The highest BCUT2D eigenvalue weighted by Gasteiger charge is 2.16. The molecule has 0 bridgehead atoms. The predicted octanol–water partition coefficient (Wildman–Crippen LogP) is 2.64. The van der Waals surface area contributed by atoms with Gasteiger partial charge in [0.05, 0.1) is 5.56 Å². The molecule has 0 amide bonds. The standard InChI is InChI=1S/C14H13N3OS/c1-3-17-11-7-5-4-6-9(11)8-10-12(17)15-14(19-2)16-13(10)18/h4-8H,3H2,1-2H3. The van der Waals surface area contributed by atoms with Crippen LogP contribution in [0.4, 0.5) is 0 Å². The minimum absolute atomic E-state index is 0.206. The third-order valence-corrected chi connectivity index (χ3v) is 3.70. The Bertz CT molecular complexity index is 781. The second-order valence-corrected chi connectivity index (χ2v) is 4.97. The second kappa shape index (κ2) is 4.66. The van der Waals surface area contributed by atoms with Gasteiger partial charge in [-0.3, -0.25) is 4.79 Å². The third kappa shape index (κ3) is 1.90. The van der Waals surface area contributed by atoms with Gasteiger partial charge >= 0.3 is 0 Å². The first-order valence-corrected chi connectivity index (χ1v) is 7.31. The van der Waals surface area contributed by atoms with Gasteiger partial charge < -0.3 is 4.57 Å². The van der Waals surface area contributed by atoms with E-state index in [-0.39, 0.29) is 5.56 Å². The molecule has 0 radical (unpaired) electrons. The lowest BCUT2D eigenvalue weighted by Gasteiger charge is -2.16. The van der Waals surface area contributed by atoms with Crippen molar-refractivity contribution in [2.24, 2.45) is 0 Å². The van der Waals surface area contributed by atoms with Gasteiger partial charge in [0.1, 0.15) is 5.82 Å². The Hall–Kier alpha value is -1.88. The van der Waals surface area contributed by atoms with Crippen LogP contribution in [0.3, 0.4) is 0 Å². The molecule has 1 aromatic rings. The normalized spacial score (nSPS) is 11.3. The van der Waals surface area contributed by atoms with Gasteiger partial charge in [0.15, 0.2) is 5.16 Å². The van der Waals surface area contributed by atoms with E-state index < -0.39 is 0 Å². The maximum Gasteiger partial charge on any atom is 0.283 e. The summed E-state index contributed by atoms with van der Waals surface area (Å²) in [6.45, 7) is 2.82. The zero-order chi connectivity index (χ0) is 13.4. The van der Waals surface area contributed by atoms with Crippen LogP contribution in [0, 0.1) is 0 Å². The van der Waals surface area contributed by atoms with E-state index >= 15 is 0 Å². The van der Waals surface area contributed by atoms with Crippen LogP contribution in [-0.4, -0.2) is 20.8 Å². The smallest absolute Gasteiger partial charge is 0.283 e. The van der Waals surface area contributed by atoms with Crippen molar-refractivity contribution in [2.45, 2.75) is 18.6 Å². The van der Waals surface area contributed by atoms with E-state index in [1.54, 1.807) is 0 Å². The molecule has 1 aromatic carbocycles. The monoisotopic (exact) mass is 271 g/mol. The van der Waals surface area contributed by atoms with Crippen LogP contribution in [0.1, 0.15) is 6.92 Å². The number of rotatable bonds is 2. The summed E-state index contributed by atoms with van der Waals surface area (Å²) in [4.78, 5) is 20.6. The van der Waals surface area contributed by atoms with Crippen molar-refractivity contribution < 1.29 is 0 Å². The first-order chi connectivity index (χ1) is 9.24. The van der Waals surface area contributed by atoms with Crippen LogP contribution >= 0.6 is 11.8 Å². The van der Waals surface area contributed by atoms with Gasteiger partial charge in [-0.05, 0) is 30.7 Å². The number of benzene rings is 1. The number of hydrogen-bond acceptors (Lipinski definition) is 4. The molecule has 0 spiro atoms. The van der Waals surface area contributed by atoms with Crippen molar-refractivity contribution in [3.05, 3.63) is 40.7 Å². The number of fused-ring (bicyclic) bond motifs is 2. The molecule has 19 heavy (non-hydrogen) atoms. The van der Waals surface area contributed by atoms with Crippen LogP contribution in [0.25, 0.3) is 22.3 Å². The molecule has 0 saturated carbocycles. The van der Waals surface area contributed by atoms with E-state index in [9.17, 15) is 4.79 Å². The molecule has 3 rings (SSSR count). The van der Waals surface area contributed by atoms with Gasteiger partial charge in [-0.2, -0.15) is 4.98 Å². The highest BCUT2D eigenvalue weighted by atomic mass is 32.2. The van der Waals surface area contributed by atoms with E-state index in [0.29, 0.717) is 16.5 Å². The molecule has 0 aromatic heterocycles. The highest BCUT2D eigenvalue weighted by Crippen LogP contribution is 2.25. The Morgan fingerprint density at radius 1 is 1.26 bits per heavy atom. The average molecular weight is 271 g/mol. The van der Waals surface area contributed by atoms with E-state index in [1.165, 1.54) is 11.8 Å². The van der Waals surface area contributed by atoms with Gasteiger partial charge in [-0.25, -0.2) is 4.98 Å². The molecule has 0 aliphatic carbocycles. The summed E-state index contributed by atoms with van der Waals surface area (Å²) < 4.78 is 2.06. The summed E-state index contributed by atoms with van der Waals surface area (Å²) in [6, 6.07) is 9.89. The zero-order valence-electron chi connectivity index (χ0n) is 10.8. The van der Waals surface area contributed by atoms with Crippen LogP contribution < -0.4 is 5.56 Å². The summed E-state index contributed by atoms with van der Waals surface area (Å²) >= 11 is 1.39. The van der Waals surface area contributed by atoms with Crippen molar-refractivity contribution in [3.8, 4) is 11.4 Å². The molecule has 0 saturated heterocycles. The van der Waals surface area contributed by atoms with Crippen LogP contribution in [-0.2, 0) is 6.54 Å². The fraction of sp³-hybridized carbons (Fsp3) is 0.214. The third-order valence-electron chi connectivity index (χ3n) is 3.15. The summed E-state index contributed by atoms with van der Waals surface area (Å²) in [6.07, 6.45) is 1.87. The van der Waals surface area contributed by atoms with E-state index in [1.807, 2.05) is 36.6 Å². The number of thioether (sulfide) groups is 1. The van der Waals surface area contributed by atoms with Crippen LogP contribution in [0.15, 0.2) is 40.3 Å². The van der Waals surface area contributed by atoms with Crippen molar-refractivity contribution in [1.82, 2.24) is 14.5 Å². The fourth-order valence-electron chi connectivity index (χ4n) is 2.29. The van der Waals surface area contributed by atoms with Crippen molar-refractivity contribution in [3.63, 3.8) is 0 Å². The number of pyridine rings is 1. The number of aromatic nitrogens is 3. The van der Waals surface area contributed by atoms with E-state index in [2.05, 4.69) is 21.5 Å². The average Bonchev–Trinajstić information content (AvgIpc) is 2.45. The van der Waals surface area contributed by atoms with Gasteiger partial charge in [-0.15, -0.1) is 0 Å². The molecule has 0 fully saturated rings. The SMILES string of the molecule is CCn1c2nc(SC)nc(=O)c-2cc2ccccc21. The van der Waals surface area contributed by atoms with Gasteiger partial charge in [-0.1, -0.05) is 30.0 Å². The molecule has 2 aliphatic rings. The molecule has 96 valence electrons. The van der Waals surface area contributed by atoms with Crippen LogP contribution in [0.5, 0.6) is 0 Å². The number of hydrogen-bond donors (Lipinski definition) is 0. The van der Waals surface area contributed by atoms with Crippen molar-refractivity contribution in [1.29, 1.82) is 0 Å². The number of nitrogens with zero attached hydrogens (tertiary/aromatic N) is 3. The lowest BCUT2D eigenvalue weighted by Crippen LogP contribution is -2.18. The maximum atomic E-state index is 12.1. The Balaban J connectivity index is 2.52. The fourth-order valence-corrected chi connectivity index (χ4v) is 2.64. The lowest BCUT2D eigenvalue weighted by molar-refractivity contribution is 0.756. The zero-order valence-corrected chi connectivity index (χ0v) is 11.6. The Morgan fingerprint density at radius 2 is 2.05 bits per heavy atom. The molecular formula is C14H13N3OS. The number of para-hydroxylation sites is 1. The minimum atomic E-state index is -0.206. The van der Waals surface area contributed by atoms with Gasteiger partial charge in [0.25, 0.3) is 5.56 Å². The highest BCUT2D eigenvalue weighted by molar-refractivity contribution is 7.98. The Labute approximate surface area is 114 Å². The van der Waals surface area contributed by atoms with Crippen LogP contribution in [0.2, 0.25) is 0 Å². The van der Waals surface area contributed by atoms with Crippen molar-refractivity contribution in [2.75, 3.05) is 6.26 Å². The first kappa shape index (κ1) is 12.2. The Morgan fingerprint density at radius 3 is 2.79 bits per heavy atom. The van der Waals surface area contributed by atoms with E-state index in [4.69, 9.17) is 0 Å². The van der Waals surface area contributed by atoms with Gasteiger partial charge in [0, 0.05) is 12.1 Å². The van der Waals surface area contributed by atoms with Gasteiger partial charge in [0.2, 0.25) is 0 Å². The predicted molar refractivity (Wildman–Crippen MR) is 77.9 cm³/mol. The largest absolute Gasteiger partial charge is 0.325 e. The summed E-state index contributed by atoms with van der Waals surface area (Å²) in [5.41, 5.74) is 1.46. The molecule has 0 N–H and O–H groups in total. The summed E-state index contributed by atoms with van der Waals surface area (Å²) in [7, 11) is 0. The quantitative estimate of drug-likeness (QED) is 0.408. The summed E-state index contributed by atoms with van der Waals surface area (Å²) in [5, 5.41) is 1.56. The molecule has 0 unspecified atom stereocenters. The second-order valence-electron chi connectivity index (χ2n) is 4.20. The topological polar surface area (TPSA) is 47.8 Å². The number of aryl methyl sites for hydroxylation is 1. The molecular weight excluding hydrogens is 258 g/mol. The molecule has 2 aliphatic heterocycles. The van der Waals surface area contributed by atoms with Crippen molar-refractivity contribution >= 4 is 22.7 Å². The first-order valence-electron chi connectivity index (χ1n) is 6.09. The Kier molecular flexibility index (Phi) is 2.98. The molecule has 5 heteroatoms. The van der Waals surface area contributed by atoms with E-state index in [0.717, 1.165) is 17.4 Å². The molecule has 2 heterocycles. The maximum absolute atomic E-state index is 12.1.